The van der Waals surface area contributed by atoms with Gasteiger partial charge in [-0.15, -0.1) is 0 Å². The summed E-state index contributed by atoms with van der Waals surface area (Å²) in [5, 5.41) is 3.47. The number of carbonyl (C=O) groups excluding carboxylic acids is 1. The van der Waals surface area contributed by atoms with Crippen molar-refractivity contribution >= 4 is 46.5 Å². The van der Waals surface area contributed by atoms with Gasteiger partial charge in [-0.25, -0.2) is 0 Å². The van der Waals surface area contributed by atoms with Gasteiger partial charge in [0.1, 0.15) is 0 Å². The van der Waals surface area contributed by atoms with E-state index in [9.17, 15) is 4.79 Å². The third-order valence-corrected chi connectivity index (χ3v) is 4.15. The maximum absolute atomic E-state index is 12.2. The number of anilines is 1. The molecule has 0 spiro atoms. The fourth-order valence-corrected chi connectivity index (χ4v) is 2.83. The van der Waals surface area contributed by atoms with Gasteiger partial charge in [0.2, 0.25) is 5.91 Å². The summed E-state index contributed by atoms with van der Waals surface area (Å²) in [4.78, 5) is 12.6. The molecule has 0 aliphatic carbocycles. The van der Waals surface area contributed by atoms with E-state index in [1.807, 2.05) is 41.8 Å². The van der Waals surface area contributed by atoms with E-state index >= 15 is 0 Å². The third kappa shape index (κ3) is 3.46. The van der Waals surface area contributed by atoms with Gasteiger partial charge in [-0.2, -0.15) is 0 Å². The maximum atomic E-state index is 12.2. The van der Waals surface area contributed by atoms with Crippen molar-refractivity contribution < 1.29 is 9.21 Å². The van der Waals surface area contributed by atoms with Crippen LogP contribution in [0.3, 0.4) is 0 Å². The number of nitrogens with one attached hydrogen (secondary N) is 1. The average Bonchev–Trinajstić information content (AvgIpc) is 2.84. The van der Waals surface area contributed by atoms with Gasteiger partial charge < -0.3 is 9.73 Å². The minimum Gasteiger partial charge on any atom is -0.429 e. The first kappa shape index (κ1) is 15.8. The molecule has 1 N–H and O–H groups in total. The lowest BCUT2D eigenvalue weighted by Gasteiger charge is -2.09. The minimum absolute atomic E-state index is 0.0949. The number of hydrogen-bond donors (Lipinski definition) is 1. The molecule has 0 saturated carbocycles. The molecule has 3 aromatic rings. The number of oxazole rings is 1. The number of amides is 1. The zero-order valence-electron chi connectivity index (χ0n) is 12.5. The molecule has 4 nitrogen and oxygen atoms in total. The average molecular weight is 347 g/mol. The van der Waals surface area contributed by atoms with Crippen LogP contribution in [0, 0.1) is 11.8 Å². The van der Waals surface area contributed by atoms with Crippen LogP contribution in [0.2, 0.25) is 5.02 Å². The Morgan fingerprint density at radius 2 is 2.09 bits per heavy atom. The number of para-hydroxylation sites is 2. The molecule has 0 aliphatic heterocycles. The van der Waals surface area contributed by atoms with Gasteiger partial charge in [-0.3, -0.25) is 9.36 Å². The molecule has 3 rings (SSSR count). The van der Waals surface area contributed by atoms with Gasteiger partial charge >= 0.3 is 0 Å². The molecule has 23 heavy (non-hydrogen) atoms. The molecule has 0 atom stereocenters. The number of hydrogen-bond acceptors (Lipinski definition) is 3. The normalized spacial score (nSPS) is 10.9. The minimum atomic E-state index is -0.0949. The summed E-state index contributed by atoms with van der Waals surface area (Å²) in [6.45, 7) is 2.38. The Hall–Kier alpha value is -2.11. The second kappa shape index (κ2) is 6.56. The first-order valence-corrected chi connectivity index (χ1v) is 7.97. The molecule has 0 fully saturated rings. The molecule has 0 unspecified atom stereocenters. The smallest absolute Gasteiger partial charge is 0.269 e. The molecule has 1 aromatic heterocycles. The van der Waals surface area contributed by atoms with Gasteiger partial charge in [0.15, 0.2) is 5.58 Å². The molecule has 0 aliphatic rings. The molecule has 1 heterocycles. The zero-order valence-corrected chi connectivity index (χ0v) is 14.1. The predicted octanol–water partition coefficient (Wildman–Crippen LogP) is 4.95. The highest BCUT2D eigenvalue weighted by atomic mass is 35.5. The van der Waals surface area contributed by atoms with Gasteiger partial charge in [-0.1, -0.05) is 29.8 Å². The maximum Gasteiger partial charge on any atom is 0.269 e. The van der Waals surface area contributed by atoms with E-state index in [1.54, 1.807) is 12.1 Å². The molecular weight excluding hydrogens is 332 g/mol. The monoisotopic (exact) mass is 346 g/mol. The highest BCUT2D eigenvalue weighted by molar-refractivity contribution is 7.71. The van der Waals surface area contributed by atoms with Crippen molar-refractivity contribution in [2.24, 2.45) is 0 Å². The fourth-order valence-electron chi connectivity index (χ4n) is 2.38. The van der Waals surface area contributed by atoms with Crippen LogP contribution in [0.1, 0.15) is 12.0 Å². The summed E-state index contributed by atoms with van der Waals surface area (Å²) in [7, 11) is 0. The van der Waals surface area contributed by atoms with Crippen LogP contribution in [0.15, 0.2) is 46.9 Å². The number of benzene rings is 2. The van der Waals surface area contributed by atoms with E-state index in [0.717, 1.165) is 22.4 Å². The van der Waals surface area contributed by atoms with Gasteiger partial charge in [-0.05, 0) is 49.0 Å². The van der Waals surface area contributed by atoms with Crippen LogP contribution in [-0.2, 0) is 11.3 Å². The Morgan fingerprint density at radius 1 is 1.30 bits per heavy atom. The number of halogens is 1. The Balaban J connectivity index is 1.72. The number of fused-ring (bicyclic) bond motifs is 1. The van der Waals surface area contributed by atoms with Crippen LogP contribution in [-0.4, -0.2) is 10.5 Å². The number of aromatic nitrogens is 1. The van der Waals surface area contributed by atoms with E-state index in [-0.39, 0.29) is 5.91 Å². The van der Waals surface area contributed by atoms with Crippen LogP contribution in [0.25, 0.3) is 11.1 Å². The summed E-state index contributed by atoms with van der Waals surface area (Å²) in [6.07, 6.45) is 0.295. The van der Waals surface area contributed by atoms with E-state index in [1.165, 1.54) is 0 Å². The Bertz CT molecular complexity index is 930. The molecular formula is C17H15ClN2O2S. The van der Waals surface area contributed by atoms with Crippen molar-refractivity contribution in [2.45, 2.75) is 19.9 Å². The van der Waals surface area contributed by atoms with Crippen LogP contribution in [0.4, 0.5) is 5.69 Å². The standard InChI is InChI=1S/C17H15ClN2O2S/c1-11-6-7-12(18)10-13(11)19-16(21)8-9-20-14-4-2-3-5-15(14)22-17(20)23/h2-7,10H,8-9H2,1H3,(H,19,21). The van der Waals surface area contributed by atoms with Crippen LogP contribution in [0.5, 0.6) is 0 Å². The molecule has 118 valence electrons. The van der Waals surface area contributed by atoms with Crippen molar-refractivity contribution in [1.82, 2.24) is 4.57 Å². The largest absolute Gasteiger partial charge is 0.429 e. The van der Waals surface area contributed by atoms with E-state index < -0.39 is 0 Å². The third-order valence-electron chi connectivity index (χ3n) is 3.61. The number of nitrogens with zero attached hydrogens (tertiary/aromatic N) is 1. The zero-order chi connectivity index (χ0) is 16.4. The van der Waals surface area contributed by atoms with Crippen LogP contribution < -0.4 is 5.32 Å². The molecule has 2 aromatic carbocycles. The second-order valence-electron chi connectivity index (χ2n) is 5.24. The fraction of sp³-hybridized carbons (Fsp3) is 0.176. The first-order chi connectivity index (χ1) is 11.0. The molecule has 1 amide bonds. The topological polar surface area (TPSA) is 47.2 Å². The van der Waals surface area contributed by atoms with E-state index in [4.69, 9.17) is 28.2 Å². The predicted molar refractivity (Wildman–Crippen MR) is 94.5 cm³/mol. The summed E-state index contributed by atoms with van der Waals surface area (Å²) in [6, 6.07) is 13.0. The van der Waals surface area contributed by atoms with Crippen molar-refractivity contribution in [3.63, 3.8) is 0 Å². The molecule has 0 radical (unpaired) electrons. The Morgan fingerprint density at radius 3 is 2.91 bits per heavy atom. The Kier molecular flexibility index (Phi) is 4.50. The highest BCUT2D eigenvalue weighted by Gasteiger charge is 2.09. The Labute approximate surface area is 143 Å². The van der Waals surface area contributed by atoms with Crippen molar-refractivity contribution in [3.05, 3.63) is 57.9 Å². The first-order valence-electron chi connectivity index (χ1n) is 7.19. The number of aryl methyl sites for hydroxylation is 2. The summed E-state index contributed by atoms with van der Waals surface area (Å²) >= 11 is 11.2. The number of rotatable bonds is 4. The van der Waals surface area contributed by atoms with E-state index in [2.05, 4.69) is 5.32 Å². The lowest BCUT2D eigenvalue weighted by molar-refractivity contribution is -0.116. The lowest BCUT2D eigenvalue weighted by Crippen LogP contribution is -2.15. The summed E-state index contributed by atoms with van der Waals surface area (Å²) in [5.74, 6) is -0.0949. The summed E-state index contributed by atoms with van der Waals surface area (Å²) in [5.41, 5.74) is 3.31. The highest BCUT2D eigenvalue weighted by Crippen LogP contribution is 2.21. The molecule has 0 bridgehead atoms. The van der Waals surface area contributed by atoms with Crippen molar-refractivity contribution in [2.75, 3.05) is 5.32 Å². The van der Waals surface area contributed by atoms with Gasteiger partial charge in [0.25, 0.3) is 4.84 Å². The van der Waals surface area contributed by atoms with Gasteiger partial charge in [0.05, 0.1) is 5.52 Å². The molecule has 0 saturated heterocycles. The second-order valence-corrected chi connectivity index (χ2v) is 6.03. The van der Waals surface area contributed by atoms with Gasteiger partial charge in [0, 0.05) is 23.7 Å². The van der Waals surface area contributed by atoms with E-state index in [0.29, 0.717) is 22.8 Å². The quantitative estimate of drug-likeness (QED) is 0.679. The van der Waals surface area contributed by atoms with Crippen molar-refractivity contribution in [1.29, 1.82) is 0 Å². The molecule has 6 heteroatoms. The van der Waals surface area contributed by atoms with Crippen molar-refractivity contribution in [3.8, 4) is 0 Å². The number of carbonyl (C=O) groups is 1. The lowest BCUT2D eigenvalue weighted by atomic mass is 10.2. The SMILES string of the molecule is Cc1ccc(Cl)cc1NC(=O)CCn1c(=S)oc2ccccc21. The summed E-state index contributed by atoms with van der Waals surface area (Å²) < 4.78 is 7.34. The van der Waals surface area contributed by atoms with Crippen LogP contribution >= 0.6 is 23.8 Å².